The summed E-state index contributed by atoms with van der Waals surface area (Å²) in [6.07, 6.45) is 1.40. The second kappa shape index (κ2) is 13.0. The standard InChI is InChI=1S/C33H26Cl2N2O6/c1-20-3-5-21(6-4-20)18-43-30-17-27(41-2)12-8-22(30)15-28-31(38)36-33(40)37(32(28)39)25-10-13-26(14-11-25)42-19-23-7-9-24(34)16-29(23)35/h3-17H,18-19H2,1-2H3,(H,36,38,40)/b28-15+. The lowest BCUT2D eigenvalue weighted by Gasteiger charge is -2.26. The first-order valence-corrected chi connectivity index (χ1v) is 13.9. The Bertz CT molecular complexity index is 1720. The van der Waals surface area contributed by atoms with Crippen LogP contribution in [0.2, 0.25) is 10.0 Å². The molecule has 4 aromatic rings. The molecule has 4 amide bonds. The molecule has 0 unspecified atom stereocenters. The van der Waals surface area contributed by atoms with Gasteiger partial charge in [-0.15, -0.1) is 0 Å². The quantitative estimate of drug-likeness (QED) is 0.159. The van der Waals surface area contributed by atoms with Gasteiger partial charge in [-0.1, -0.05) is 59.1 Å². The number of ether oxygens (including phenoxy) is 3. The number of carbonyl (C=O) groups is 3. The highest BCUT2D eigenvalue weighted by atomic mass is 35.5. The number of nitrogens with zero attached hydrogens (tertiary/aromatic N) is 1. The van der Waals surface area contributed by atoms with E-state index < -0.39 is 17.8 Å². The molecule has 43 heavy (non-hydrogen) atoms. The van der Waals surface area contributed by atoms with Crippen molar-refractivity contribution in [2.75, 3.05) is 12.0 Å². The molecule has 4 aromatic carbocycles. The highest BCUT2D eigenvalue weighted by Gasteiger charge is 2.37. The maximum Gasteiger partial charge on any atom is 0.335 e. The number of anilines is 1. The predicted molar refractivity (Wildman–Crippen MR) is 165 cm³/mol. The van der Waals surface area contributed by atoms with E-state index in [-0.39, 0.29) is 24.5 Å². The third kappa shape index (κ3) is 6.99. The van der Waals surface area contributed by atoms with Crippen molar-refractivity contribution in [1.29, 1.82) is 0 Å². The lowest BCUT2D eigenvalue weighted by atomic mass is 10.1. The number of benzene rings is 4. The van der Waals surface area contributed by atoms with Crippen molar-refractivity contribution in [3.63, 3.8) is 0 Å². The molecule has 1 heterocycles. The lowest BCUT2D eigenvalue weighted by molar-refractivity contribution is -0.122. The first-order chi connectivity index (χ1) is 20.7. The summed E-state index contributed by atoms with van der Waals surface area (Å²) in [6, 6.07) is 23.5. The Morgan fingerprint density at radius 3 is 2.23 bits per heavy atom. The molecule has 0 bridgehead atoms. The fraction of sp³-hybridized carbons (Fsp3) is 0.121. The van der Waals surface area contributed by atoms with E-state index in [1.54, 1.807) is 60.7 Å². The number of methoxy groups -OCH3 is 1. The average Bonchev–Trinajstić information content (AvgIpc) is 2.99. The zero-order valence-corrected chi connectivity index (χ0v) is 24.7. The zero-order chi connectivity index (χ0) is 30.5. The molecule has 1 aliphatic heterocycles. The Labute approximate surface area is 258 Å². The number of halogens is 2. The highest BCUT2D eigenvalue weighted by molar-refractivity contribution is 6.39. The van der Waals surface area contributed by atoms with Gasteiger partial charge in [0.25, 0.3) is 11.8 Å². The van der Waals surface area contributed by atoms with E-state index in [1.165, 1.54) is 13.2 Å². The molecule has 10 heteroatoms. The average molecular weight is 617 g/mol. The van der Waals surface area contributed by atoms with Gasteiger partial charge in [0.2, 0.25) is 0 Å². The first-order valence-electron chi connectivity index (χ1n) is 13.2. The molecule has 218 valence electrons. The minimum Gasteiger partial charge on any atom is -0.497 e. The Balaban J connectivity index is 1.36. The summed E-state index contributed by atoms with van der Waals surface area (Å²) in [7, 11) is 1.53. The van der Waals surface area contributed by atoms with E-state index in [2.05, 4.69) is 5.32 Å². The second-order valence-electron chi connectivity index (χ2n) is 9.65. The van der Waals surface area contributed by atoms with Crippen LogP contribution in [0.1, 0.15) is 22.3 Å². The summed E-state index contributed by atoms with van der Waals surface area (Å²) >= 11 is 12.2. The van der Waals surface area contributed by atoms with Gasteiger partial charge in [0, 0.05) is 27.2 Å². The summed E-state index contributed by atoms with van der Waals surface area (Å²) in [5.41, 5.74) is 3.30. The van der Waals surface area contributed by atoms with Crippen LogP contribution < -0.4 is 24.4 Å². The van der Waals surface area contributed by atoms with Crippen LogP contribution in [0.4, 0.5) is 10.5 Å². The molecule has 0 spiro atoms. The van der Waals surface area contributed by atoms with Crippen LogP contribution in [0, 0.1) is 6.92 Å². The predicted octanol–water partition coefficient (Wildman–Crippen LogP) is 7.13. The van der Waals surface area contributed by atoms with E-state index in [1.807, 2.05) is 31.2 Å². The van der Waals surface area contributed by atoms with E-state index in [9.17, 15) is 14.4 Å². The van der Waals surface area contributed by atoms with E-state index in [4.69, 9.17) is 37.4 Å². The number of aryl methyl sites for hydroxylation is 1. The van der Waals surface area contributed by atoms with Crippen LogP contribution in [0.25, 0.3) is 6.08 Å². The molecule has 0 aliphatic carbocycles. The minimum atomic E-state index is -0.862. The highest BCUT2D eigenvalue weighted by Crippen LogP contribution is 2.30. The van der Waals surface area contributed by atoms with Gasteiger partial charge in [-0.2, -0.15) is 0 Å². The van der Waals surface area contributed by atoms with Crippen LogP contribution in [-0.4, -0.2) is 25.0 Å². The van der Waals surface area contributed by atoms with Crippen LogP contribution in [0.3, 0.4) is 0 Å². The molecule has 1 aliphatic rings. The van der Waals surface area contributed by atoms with E-state index in [0.717, 1.165) is 21.6 Å². The van der Waals surface area contributed by atoms with Gasteiger partial charge in [-0.05, 0) is 67.1 Å². The third-order valence-electron chi connectivity index (χ3n) is 6.64. The van der Waals surface area contributed by atoms with Gasteiger partial charge in [-0.3, -0.25) is 14.9 Å². The Kier molecular flexibility index (Phi) is 8.99. The minimum absolute atomic E-state index is 0.191. The largest absolute Gasteiger partial charge is 0.497 e. The molecule has 0 saturated carbocycles. The van der Waals surface area contributed by atoms with Crippen molar-refractivity contribution >= 4 is 52.8 Å². The van der Waals surface area contributed by atoms with Crippen molar-refractivity contribution in [2.45, 2.75) is 20.1 Å². The zero-order valence-electron chi connectivity index (χ0n) is 23.2. The van der Waals surface area contributed by atoms with Gasteiger partial charge < -0.3 is 14.2 Å². The fourth-order valence-electron chi connectivity index (χ4n) is 4.27. The molecule has 0 aromatic heterocycles. The summed E-state index contributed by atoms with van der Waals surface area (Å²) in [5.74, 6) is -0.168. The third-order valence-corrected chi connectivity index (χ3v) is 7.23. The number of urea groups is 1. The Hall–Kier alpha value is -4.79. The van der Waals surface area contributed by atoms with E-state index in [0.29, 0.717) is 32.9 Å². The van der Waals surface area contributed by atoms with Crippen molar-refractivity contribution in [3.8, 4) is 17.2 Å². The smallest absolute Gasteiger partial charge is 0.335 e. The normalized spacial score (nSPS) is 14.1. The summed E-state index contributed by atoms with van der Waals surface area (Å²) in [4.78, 5) is 40.0. The first kappa shape index (κ1) is 29.7. The molecular formula is C33H26Cl2N2O6. The van der Waals surface area contributed by atoms with E-state index >= 15 is 0 Å². The molecule has 0 radical (unpaired) electrons. The van der Waals surface area contributed by atoms with Gasteiger partial charge in [-0.25, -0.2) is 9.69 Å². The molecule has 1 N–H and O–H groups in total. The van der Waals surface area contributed by atoms with Gasteiger partial charge in [0.05, 0.1) is 12.8 Å². The van der Waals surface area contributed by atoms with Crippen LogP contribution >= 0.6 is 23.2 Å². The van der Waals surface area contributed by atoms with Crippen LogP contribution in [-0.2, 0) is 22.8 Å². The molecule has 1 saturated heterocycles. The van der Waals surface area contributed by atoms with Crippen LogP contribution in [0.5, 0.6) is 17.2 Å². The maximum atomic E-state index is 13.5. The summed E-state index contributed by atoms with van der Waals surface area (Å²) in [6.45, 7) is 2.45. The number of barbiturate groups is 1. The molecule has 5 rings (SSSR count). The number of hydrogen-bond donors (Lipinski definition) is 1. The van der Waals surface area contributed by atoms with Crippen molar-refractivity contribution in [2.24, 2.45) is 0 Å². The maximum absolute atomic E-state index is 13.5. The topological polar surface area (TPSA) is 94.2 Å². The monoisotopic (exact) mass is 616 g/mol. The number of nitrogens with one attached hydrogen (secondary N) is 1. The van der Waals surface area contributed by atoms with Crippen molar-refractivity contribution in [3.05, 3.63) is 123 Å². The second-order valence-corrected chi connectivity index (χ2v) is 10.5. The van der Waals surface area contributed by atoms with Crippen molar-refractivity contribution < 1.29 is 28.6 Å². The summed E-state index contributed by atoms with van der Waals surface area (Å²) in [5, 5.41) is 3.24. The summed E-state index contributed by atoms with van der Waals surface area (Å²) < 4.78 is 17.2. The number of hydrogen-bond acceptors (Lipinski definition) is 6. The lowest BCUT2D eigenvalue weighted by Crippen LogP contribution is -2.54. The van der Waals surface area contributed by atoms with Gasteiger partial charge >= 0.3 is 6.03 Å². The van der Waals surface area contributed by atoms with Gasteiger partial charge in [0.15, 0.2) is 0 Å². The number of imide groups is 2. The molecule has 8 nitrogen and oxygen atoms in total. The van der Waals surface area contributed by atoms with Gasteiger partial charge in [0.1, 0.15) is 36.0 Å². The van der Waals surface area contributed by atoms with Crippen LogP contribution in [0.15, 0.2) is 90.5 Å². The SMILES string of the molecule is COc1ccc(/C=C2\C(=O)NC(=O)N(c3ccc(OCc4ccc(Cl)cc4Cl)cc3)C2=O)c(OCc2ccc(C)cc2)c1. The number of rotatable bonds is 9. The molecular weight excluding hydrogens is 591 g/mol. The number of amides is 4. The number of carbonyl (C=O) groups excluding carboxylic acids is 3. The molecule has 1 fully saturated rings. The Morgan fingerprint density at radius 1 is 0.814 bits per heavy atom. The van der Waals surface area contributed by atoms with Crippen molar-refractivity contribution in [1.82, 2.24) is 5.32 Å². The fourth-order valence-corrected chi connectivity index (χ4v) is 4.73. The molecule has 0 atom stereocenters. The Morgan fingerprint density at radius 2 is 1.53 bits per heavy atom.